The van der Waals surface area contributed by atoms with Gasteiger partial charge in [0.05, 0.1) is 0 Å². The summed E-state index contributed by atoms with van der Waals surface area (Å²) in [6.07, 6.45) is 7.67. The van der Waals surface area contributed by atoms with Crippen LogP contribution in [0.15, 0.2) is 0 Å². The quantitative estimate of drug-likeness (QED) is 0.517. The fourth-order valence-corrected chi connectivity index (χ4v) is 2.62. The fourth-order valence-electron chi connectivity index (χ4n) is 2.62. The summed E-state index contributed by atoms with van der Waals surface area (Å²) in [5.41, 5.74) is 0. The number of hydrogen-bond donors (Lipinski definition) is 1. The highest BCUT2D eigenvalue weighted by atomic mass is 15.3. The van der Waals surface area contributed by atoms with Gasteiger partial charge in [-0.3, -0.25) is 5.32 Å². The van der Waals surface area contributed by atoms with Crippen molar-refractivity contribution < 1.29 is 0 Å². The van der Waals surface area contributed by atoms with Crippen molar-refractivity contribution in [2.24, 2.45) is 5.92 Å². The fraction of sp³-hybridized carbons (Fsp3) is 1.00. The van der Waals surface area contributed by atoms with E-state index in [9.17, 15) is 0 Å². The van der Waals surface area contributed by atoms with E-state index in [0.29, 0.717) is 0 Å². The number of unbranched alkanes of at least 4 members (excludes halogenated alkanes) is 1. The highest BCUT2D eigenvalue weighted by molar-refractivity contribution is 4.89. The molecule has 75 valence electrons. The van der Waals surface area contributed by atoms with E-state index >= 15 is 0 Å². The van der Waals surface area contributed by atoms with Crippen LogP contribution in [0.4, 0.5) is 0 Å². The molecule has 3 rings (SSSR count). The molecule has 0 aromatic heterocycles. The van der Waals surface area contributed by atoms with Crippen molar-refractivity contribution in [2.75, 3.05) is 19.6 Å². The monoisotopic (exact) mass is 182 g/mol. The molecule has 1 atom stereocenters. The van der Waals surface area contributed by atoms with Gasteiger partial charge in [-0.1, -0.05) is 13.3 Å². The average Bonchev–Trinajstić information content (AvgIpc) is 2.20. The Morgan fingerprint density at radius 3 is 2.62 bits per heavy atom. The summed E-state index contributed by atoms with van der Waals surface area (Å²) in [7, 11) is 0. The van der Waals surface area contributed by atoms with E-state index in [4.69, 9.17) is 0 Å². The molecule has 3 saturated heterocycles. The smallest absolute Gasteiger partial charge is 0.186 e. The van der Waals surface area contributed by atoms with Crippen LogP contribution in [0, 0.1) is 5.92 Å². The zero-order valence-electron chi connectivity index (χ0n) is 8.76. The van der Waals surface area contributed by atoms with Crippen LogP contribution >= 0.6 is 0 Å². The second-order valence-electron chi connectivity index (χ2n) is 4.54. The minimum absolute atomic E-state index is 0.721. The summed E-state index contributed by atoms with van der Waals surface area (Å²) in [4.78, 5) is 2.63. The Kier molecular flexibility index (Phi) is 3.23. The van der Waals surface area contributed by atoms with Crippen molar-refractivity contribution in [2.45, 2.75) is 45.2 Å². The molecule has 0 aromatic carbocycles. The topological polar surface area (TPSA) is 17.9 Å². The lowest BCUT2D eigenvalue weighted by Gasteiger charge is -2.37. The van der Waals surface area contributed by atoms with Crippen LogP contribution in [0.1, 0.15) is 39.0 Å². The standard InChI is InChI=1S/C11H22N2/c1-2-3-6-12-11-9-10-4-7-13(11)8-5-10/h10-12H,2-9H2,1H3/q+1. The third kappa shape index (κ3) is 2.23. The first-order valence-corrected chi connectivity index (χ1v) is 5.87. The minimum Gasteiger partial charge on any atom is -0.264 e. The van der Waals surface area contributed by atoms with E-state index in [-0.39, 0.29) is 0 Å². The van der Waals surface area contributed by atoms with Crippen molar-refractivity contribution >= 4 is 0 Å². The van der Waals surface area contributed by atoms with Crippen molar-refractivity contribution in [3.8, 4) is 0 Å². The van der Waals surface area contributed by atoms with E-state index in [2.05, 4.69) is 17.1 Å². The lowest BCUT2D eigenvalue weighted by Crippen LogP contribution is -2.59. The van der Waals surface area contributed by atoms with Crippen LogP contribution in [0.2, 0.25) is 0 Å². The molecule has 3 fully saturated rings. The Labute approximate surface area is 81.7 Å². The van der Waals surface area contributed by atoms with Gasteiger partial charge in [0.2, 0.25) is 0 Å². The summed E-state index contributed by atoms with van der Waals surface area (Å²) >= 11 is 0. The Bertz CT molecular complexity index is 150. The molecule has 3 aliphatic rings. The number of piperidine rings is 3. The van der Waals surface area contributed by atoms with Crippen LogP contribution < -0.4 is 10.2 Å². The third-order valence-corrected chi connectivity index (χ3v) is 3.56. The molecule has 1 unspecified atom stereocenters. The SMILES string of the molecule is CCCCNC1CC2CC[N+]1CC2. The van der Waals surface area contributed by atoms with Crippen LogP contribution in [-0.4, -0.2) is 25.8 Å². The lowest BCUT2D eigenvalue weighted by atomic mass is 9.86. The predicted octanol–water partition coefficient (Wildman–Crippen LogP) is 1.66. The Hall–Kier alpha value is -0.0800. The highest BCUT2D eigenvalue weighted by Crippen LogP contribution is 2.28. The van der Waals surface area contributed by atoms with E-state index in [1.807, 2.05) is 0 Å². The summed E-state index contributed by atoms with van der Waals surface area (Å²) in [6.45, 7) is 6.16. The van der Waals surface area contributed by atoms with E-state index in [1.165, 1.54) is 51.7 Å². The second kappa shape index (κ2) is 4.43. The largest absolute Gasteiger partial charge is 0.264 e. The van der Waals surface area contributed by atoms with E-state index in [0.717, 1.165) is 12.1 Å². The molecule has 0 amide bonds. The normalized spacial score (nSPS) is 38.1. The Morgan fingerprint density at radius 1 is 1.31 bits per heavy atom. The molecule has 0 saturated carbocycles. The zero-order valence-corrected chi connectivity index (χ0v) is 8.76. The molecular weight excluding hydrogens is 160 g/mol. The summed E-state index contributed by atoms with van der Waals surface area (Å²) in [6, 6.07) is 0. The molecule has 0 spiro atoms. The van der Waals surface area contributed by atoms with Crippen molar-refractivity contribution in [1.29, 1.82) is 0 Å². The van der Waals surface area contributed by atoms with Crippen LogP contribution in [-0.2, 0) is 0 Å². The van der Waals surface area contributed by atoms with Gasteiger partial charge in [-0.25, -0.2) is 0 Å². The number of nitrogens with one attached hydrogen (secondary N) is 1. The Morgan fingerprint density at radius 2 is 2.08 bits per heavy atom. The van der Waals surface area contributed by atoms with Gasteiger partial charge in [0.1, 0.15) is 13.1 Å². The molecule has 0 aliphatic carbocycles. The van der Waals surface area contributed by atoms with Crippen LogP contribution in [0.5, 0.6) is 0 Å². The predicted molar refractivity (Wildman–Crippen MR) is 55.9 cm³/mol. The first-order valence-electron chi connectivity index (χ1n) is 5.87. The summed E-state index contributed by atoms with van der Waals surface area (Å²) in [5.74, 6) is 1.03. The summed E-state index contributed by atoms with van der Waals surface area (Å²) < 4.78 is 0. The van der Waals surface area contributed by atoms with Gasteiger partial charge in [0.25, 0.3) is 0 Å². The lowest BCUT2D eigenvalue weighted by molar-refractivity contribution is 0.106. The maximum atomic E-state index is 3.68. The minimum atomic E-state index is 0.721. The van der Waals surface area contributed by atoms with Gasteiger partial charge < -0.3 is 0 Å². The van der Waals surface area contributed by atoms with E-state index in [1.54, 1.807) is 0 Å². The highest BCUT2D eigenvalue weighted by Gasteiger charge is 2.40. The first kappa shape index (κ1) is 9.47. The van der Waals surface area contributed by atoms with Gasteiger partial charge in [0, 0.05) is 25.8 Å². The van der Waals surface area contributed by atoms with Crippen LogP contribution in [0.25, 0.3) is 0 Å². The second-order valence-corrected chi connectivity index (χ2v) is 4.54. The first-order chi connectivity index (χ1) is 6.40. The molecule has 2 heteroatoms. The number of nitrogens with zero attached hydrogens (tertiary/aromatic N) is 1. The molecule has 3 heterocycles. The number of hydrogen-bond acceptors (Lipinski definition) is 2. The molecular formula is C11H22N2+. The molecule has 2 bridgehead atoms. The number of rotatable bonds is 4. The maximum Gasteiger partial charge on any atom is 0.186 e. The number of fused-ring (bicyclic) bond motifs is 3. The third-order valence-electron chi connectivity index (χ3n) is 3.56. The van der Waals surface area contributed by atoms with Crippen molar-refractivity contribution in [3.63, 3.8) is 0 Å². The molecule has 13 heavy (non-hydrogen) atoms. The average molecular weight is 182 g/mol. The molecule has 2 nitrogen and oxygen atoms in total. The van der Waals surface area contributed by atoms with Crippen molar-refractivity contribution in [1.82, 2.24) is 10.2 Å². The molecule has 1 N–H and O–H groups in total. The van der Waals surface area contributed by atoms with Crippen LogP contribution in [0.3, 0.4) is 0 Å². The van der Waals surface area contributed by atoms with Gasteiger partial charge >= 0.3 is 0 Å². The van der Waals surface area contributed by atoms with Crippen molar-refractivity contribution in [3.05, 3.63) is 0 Å². The van der Waals surface area contributed by atoms with Gasteiger partial charge in [-0.15, -0.1) is 0 Å². The maximum absolute atomic E-state index is 3.68. The van der Waals surface area contributed by atoms with Gasteiger partial charge in [-0.05, 0) is 12.3 Å². The Balaban J connectivity index is 1.74. The zero-order chi connectivity index (χ0) is 9.10. The molecule has 3 aliphatic heterocycles. The molecule has 1 radical (unpaired) electrons. The van der Waals surface area contributed by atoms with Gasteiger partial charge in [-0.2, -0.15) is 4.90 Å². The van der Waals surface area contributed by atoms with Gasteiger partial charge in [0.15, 0.2) is 6.17 Å². The summed E-state index contributed by atoms with van der Waals surface area (Å²) in [5, 5.41) is 3.68. The van der Waals surface area contributed by atoms with E-state index < -0.39 is 0 Å². The molecule has 0 aromatic rings.